The fourth-order valence-electron chi connectivity index (χ4n) is 3.04. The Hall–Kier alpha value is -1.07. The molecule has 1 N–H and O–H groups in total. The first kappa shape index (κ1) is 18.3. The summed E-state index contributed by atoms with van der Waals surface area (Å²) >= 11 is 0. The van der Waals surface area contributed by atoms with Crippen molar-refractivity contribution in [3.63, 3.8) is 0 Å². The van der Waals surface area contributed by atoms with E-state index in [1.807, 2.05) is 12.1 Å². The molecule has 0 spiro atoms. The minimum atomic E-state index is -3.16. The number of benzene rings is 1. The average Bonchev–Trinajstić information content (AvgIpc) is 2.54. The Kier molecular flexibility index (Phi) is 6.48. The predicted molar refractivity (Wildman–Crippen MR) is 94.4 cm³/mol. The van der Waals surface area contributed by atoms with E-state index < -0.39 is 10.0 Å². The first-order valence-corrected chi connectivity index (χ1v) is 10.3. The monoisotopic (exact) mass is 339 g/mol. The second-order valence-corrected chi connectivity index (χ2v) is 8.75. The van der Waals surface area contributed by atoms with Gasteiger partial charge in [0.2, 0.25) is 10.0 Å². The first-order valence-electron chi connectivity index (χ1n) is 8.64. The van der Waals surface area contributed by atoms with Crippen LogP contribution < -0.4 is 9.46 Å². The number of hydrogen-bond donors (Lipinski definition) is 1. The Labute approximate surface area is 140 Å². The Morgan fingerprint density at radius 3 is 2.70 bits per heavy atom. The molecule has 2 atom stereocenters. The molecular formula is C18H29NO3S. The van der Waals surface area contributed by atoms with Gasteiger partial charge >= 0.3 is 0 Å². The summed E-state index contributed by atoms with van der Waals surface area (Å²) in [5.74, 6) is 1.72. The van der Waals surface area contributed by atoms with Gasteiger partial charge in [0.05, 0.1) is 12.4 Å². The number of nitrogens with one attached hydrogen (secondary N) is 1. The third-order valence-corrected chi connectivity index (χ3v) is 6.03. The molecule has 23 heavy (non-hydrogen) atoms. The van der Waals surface area contributed by atoms with Crippen LogP contribution in [0.15, 0.2) is 24.3 Å². The molecule has 5 heteroatoms. The van der Waals surface area contributed by atoms with Crippen LogP contribution >= 0.6 is 0 Å². The molecule has 2 rings (SSSR count). The van der Waals surface area contributed by atoms with E-state index in [-0.39, 0.29) is 17.7 Å². The fourth-order valence-corrected chi connectivity index (χ4v) is 3.98. The van der Waals surface area contributed by atoms with Gasteiger partial charge < -0.3 is 4.74 Å². The van der Waals surface area contributed by atoms with Crippen LogP contribution in [-0.4, -0.2) is 26.8 Å². The van der Waals surface area contributed by atoms with Crippen LogP contribution in [0.5, 0.6) is 5.75 Å². The first-order chi connectivity index (χ1) is 10.9. The van der Waals surface area contributed by atoms with E-state index in [9.17, 15) is 8.42 Å². The molecule has 0 amide bonds. The molecule has 1 aromatic rings. The Balaban J connectivity index is 1.98. The molecule has 4 nitrogen and oxygen atoms in total. The zero-order valence-corrected chi connectivity index (χ0v) is 15.2. The summed E-state index contributed by atoms with van der Waals surface area (Å²) in [6, 6.07) is 8.18. The molecule has 1 fully saturated rings. The van der Waals surface area contributed by atoms with Crippen LogP contribution in [-0.2, 0) is 10.0 Å². The summed E-state index contributed by atoms with van der Waals surface area (Å²) in [5, 5.41) is 0. The van der Waals surface area contributed by atoms with E-state index in [0.717, 1.165) is 31.4 Å². The van der Waals surface area contributed by atoms with Crippen LogP contribution in [0.4, 0.5) is 0 Å². The van der Waals surface area contributed by atoms with Crippen molar-refractivity contribution >= 4 is 10.0 Å². The zero-order chi connectivity index (χ0) is 16.9. The molecule has 1 aromatic carbocycles. The van der Waals surface area contributed by atoms with Gasteiger partial charge in [-0.2, -0.15) is 0 Å². The highest BCUT2D eigenvalue weighted by Crippen LogP contribution is 2.27. The van der Waals surface area contributed by atoms with Crippen LogP contribution in [0.2, 0.25) is 0 Å². The lowest BCUT2D eigenvalue weighted by atomic mass is 9.86. The number of ether oxygens (including phenoxy) is 1. The maximum atomic E-state index is 11.9. The second kappa shape index (κ2) is 8.15. The Morgan fingerprint density at radius 2 is 2.00 bits per heavy atom. The van der Waals surface area contributed by atoms with Crippen molar-refractivity contribution in [3.05, 3.63) is 29.8 Å². The summed E-state index contributed by atoms with van der Waals surface area (Å²) in [7, 11) is -3.16. The summed E-state index contributed by atoms with van der Waals surface area (Å²) in [6.45, 7) is 6.57. The smallest absolute Gasteiger partial charge is 0.211 e. The summed E-state index contributed by atoms with van der Waals surface area (Å²) in [5.41, 5.74) is 1.26. The van der Waals surface area contributed by atoms with Crippen LogP contribution in [0, 0.1) is 5.92 Å². The van der Waals surface area contributed by atoms with Gasteiger partial charge in [0, 0.05) is 12.0 Å². The molecule has 0 bridgehead atoms. The highest BCUT2D eigenvalue weighted by atomic mass is 32.2. The standard InChI is InChI=1S/C18H29NO3S/c1-4-23(20,21)19-18-11-6-5-8-16(18)13-22-17-10-7-9-15(12-17)14(2)3/h7,9-10,12,14,16,18-19H,4-6,8,11,13H2,1-3H3/t16-,18+/m0/s1. The molecule has 1 aliphatic carbocycles. The molecule has 1 saturated carbocycles. The maximum absolute atomic E-state index is 11.9. The van der Waals surface area contributed by atoms with E-state index >= 15 is 0 Å². The van der Waals surface area contributed by atoms with E-state index in [0.29, 0.717) is 12.5 Å². The van der Waals surface area contributed by atoms with Gasteiger partial charge in [-0.15, -0.1) is 0 Å². The number of rotatable bonds is 7. The van der Waals surface area contributed by atoms with Crippen LogP contribution in [0.25, 0.3) is 0 Å². The van der Waals surface area contributed by atoms with Gasteiger partial charge in [0.15, 0.2) is 0 Å². The topological polar surface area (TPSA) is 55.4 Å². The van der Waals surface area contributed by atoms with Gasteiger partial charge in [-0.25, -0.2) is 13.1 Å². The molecule has 0 radical (unpaired) electrons. The predicted octanol–water partition coefficient (Wildman–Crippen LogP) is 3.69. The van der Waals surface area contributed by atoms with Gasteiger partial charge in [-0.1, -0.05) is 38.8 Å². The van der Waals surface area contributed by atoms with E-state index in [1.165, 1.54) is 5.56 Å². The summed E-state index contributed by atoms with van der Waals surface area (Å²) in [6.07, 6.45) is 4.14. The highest BCUT2D eigenvalue weighted by molar-refractivity contribution is 7.89. The van der Waals surface area contributed by atoms with E-state index in [2.05, 4.69) is 30.7 Å². The summed E-state index contributed by atoms with van der Waals surface area (Å²) in [4.78, 5) is 0. The number of sulfonamides is 1. The molecule has 130 valence electrons. The molecule has 0 heterocycles. The molecule has 1 aliphatic rings. The van der Waals surface area contributed by atoms with Crippen molar-refractivity contribution in [2.24, 2.45) is 5.92 Å². The summed E-state index contributed by atoms with van der Waals surface area (Å²) < 4.78 is 32.5. The van der Waals surface area contributed by atoms with Crippen molar-refractivity contribution in [1.29, 1.82) is 0 Å². The van der Waals surface area contributed by atoms with Crippen molar-refractivity contribution in [3.8, 4) is 5.75 Å². The zero-order valence-electron chi connectivity index (χ0n) is 14.4. The molecular weight excluding hydrogens is 310 g/mol. The lowest BCUT2D eigenvalue weighted by Gasteiger charge is -2.31. The quantitative estimate of drug-likeness (QED) is 0.824. The minimum Gasteiger partial charge on any atom is -0.493 e. The normalized spacial score (nSPS) is 22.3. The Bertz CT molecular complexity index is 598. The fraction of sp³-hybridized carbons (Fsp3) is 0.667. The molecule has 0 aromatic heterocycles. The Morgan fingerprint density at radius 1 is 1.26 bits per heavy atom. The van der Waals surface area contributed by atoms with Crippen molar-refractivity contribution in [1.82, 2.24) is 4.72 Å². The lowest BCUT2D eigenvalue weighted by Crippen LogP contribution is -2.44. The van der Waals surface area contributed by atoms with Crippen LogP contribution in [0.3, 0.4) is 0 Å². The second-order valence-electron chi connectivity index (χ2n) is 6.71. The molecule has 0 aliphatic heterocycles. The van der Waals surface area contributed by atoms with E-state index in [4.69, 9.17) is 4.74 Å². The largest absolute Gasteiger partial charge is 0.493 e. The van der Waals surface area contributed by atoms with Gasteiger partial charge in [-0.05, 0) is 43.4 Å². The van der Waals surface area contributed by atoms with Gasteiger partial charge in [0.25, 0.3) is 0 Å². The van der Waals surface area contributed by atoms with Gasteiger partial charge in [-0.3, -0.25) is 0 Å². The van der Waals surface area contributed by atoms with Crippen molar-refractivity contribution < 1.29 is 13.2 Å². The van der Waals surface area contributed by atoms with Gasteiger partial charge in [0.1, 0.15) is 5.75 Å². The molecule has 0 saturated heterocycles. The van der Waals surface area contributed by atoms with E-state index in [1.54, 1.807) is 6.92 Å². The average molecular weight is 340 g/mol. The highest BCUT2D eigenvalue weighted by Gasteiger charge is 2.28. The van der Waals surface area contributed by atoms with Crippen molar-refractivity contribution in [2.75, 3.05) is 12.4 Å². The third kappa shape index (κ3) is 5.50. The van der Waals surface area contributed by atoms with Crippen molar-refractivity contribution in [2.45, 2.75) is 58.4 Å². The third-order valence-electron chi connectivity index (χ3n) is 4.61. The lowest BCUT2D eigenvalue weighted by molar-refractivity contribution is 0.180. The van der Waals surface area contributed by atoms with Crippen LogP contribution in [0.1, 0.15) is 57.9 Å². The molecule has 0 unspecified atom stereocenters. The SMILES string of the molecule is CCS(=O)(=O)N[C@@H]1CCCC[C@H]1COc1cccc(C(C)C)c1. The number of hydrogen-bond acceptors (Lipinski definition) is 3. The maximum Gasteiger partial charge on any atom is 0.211 e. The minimum absolute atomic E-state index is 0.00183.